The number of benzene rings is 1. The van der Waals surface area contributed by atoms with Gasteiger partial charge in [0.15, 0.2) is 0 Å². The van der Waals surface area contributed by atoms with Crippen molar-refractivity contribution in [3.63, 3.8) is 0 Å². The molecule has 0 radical (unpaired) electrons. The first-order valence-corrected chi connectivity index (χ1v) is 10.1. The van der Waals surface area contributed by atoms with Crippen molar-refractivity contribution in [3.05, 3.63) is 46.9 Å². The van der Waals surface area contributed by atoms with E-state index in [4.69, 9.17) is 22.1 Å². The first-order chi connectivity index (χ1) is 15.4. The first-order valence-electron chi connectivity index (χ1n) is 10.1. The van der Waals surface area contributed by atoms with E-state index in [1.165, 1.54) is 6.20 Å². The molecule has 3 rings (SSSR count). The predicted molar refractivity (Wildman–Crippen MR) is 121 cm³/mol. The minimum absolute atomic E-state index is 0.104. The third-order valence-electron chi connectivity index (χ3n) is 4.76. The molecule has 0 amide bonds. The highest BCUT2D eigenvalue weighted by Gasteiger charge is 2.33. The number of fused-ring (bicyclic) bond motifs is 1. The van der Waals surface area contributed by atoms with Gasteiger partial charge in [-0.05, 0) is 74.9 Å². The Bertz CT molecular complexity index is 1240. The Balaban J connectivity index is 1.73. The van der Waals surface area contributed by atoms with Gasteiger partial charge >= 0.3 is 17.6 Å². The molecule has 0 aliphatic carbocycles. The Morgan fingerprint density at radius 1 is 1.18 bits per heavy atom. The molecule has 1 aromatic carbocycles. The molecule has 0 aliphatic heterocycles. The Labute approximate surface area is 190 Å². The summed E-state index contributed by atoms with van der Waals surface area (Å²) in [5.74, 6) is 4.94. The summed E-state index contributed by atoms with van der Waals surface area (Å²) in [5, 5.41) is 8.69. The Hall–Kier alpha value is -4.04. The Morgan fingerprint density at radius 3 is 2.58 bits per heavy atom. The lowest BCUT2D eigenvalue weighted by Gasteiger charge is -2.25. The van der Waals surface area contributed by atoms with Crippen LogP contribution in [0.25, 0.3) is 15.9 Å². The van der Waals surface area contributed by atoms with E-state index in [1.807, 2.05) is 0 Å². The largest absolute Gasteiger partial charge is 0.386 e. The number of hydrogen-bond donors (Lipinski definition) is 1. The lowest BCUT2D eigenvalue weighted by Crippen LogP contribution is -2.40. The summed E-state index contributed by atoms with van der Waals surface area (Å²) in [6, 6.07) is 8.50. The highest BCUT2D eigenvalue weighted by molar-refractivity contribution is 5.80. The fraction of sp³-hybridized carbons (Fsp3) is 0.364. The van der Waals surface area contributed by atoms with E-state index in [-0.39, 0.29) is 11.5 Å². The number of anilines is 1. The summed E-state index contributed by atoms with van der Waals surface area (Å²) in [5.41, 5.74) is 0.478. The van der Waals surface area contributed by atoms with Crippen LogP contribution >= 0.6 is 0 Å². The molecule has 0 bridgehead atoms. The van der Waals surface area contributed by atoms with Gasteiger partial charge in [0.1, 0.15) is 11.0 Å². The van der Waals surface area contributed by atoms with Gasteiger partial charge in [-0.25, -0.2) is 20.4 Å². The van der Waals surface area contributed by atoms with E-state index in [0.29, 0.717) is 17.5 Å². The van der Waals surface area contributed by atoms with Gasteiger partial charge in [-0.1, -0.05) is 10.9 Å². The van der Waals surface area contributed by atoms with Crippen LogP contribution in [-0.2, 0) is 20.8 Å². The minimum Gasteiger partial charge on any atom is -0.323 e. The molecule has 33 heavy (non-hydrogen) atoms. The molecule has 11 heteroatoms. The second-order valence-corrected chi connectivity index (χ2v) is 9.15. The fourth-order valence-electron chi connectivity index (χ4n) is 2.84. The number of nitrogens with two attached hydrogens (primary N) is 1. The molecule has 0 atom stereocenters. The molecule has 2 N–H and O–H groups in total. The van der Waals surface area contributed by atoms with Gasteiger partial charge in [0.25, 0.3) is 12.4 Å². The number of hydrazine groups is 1. The van der Waals surface area contributed by atoms with Crippen LogP contribution in [0, 0.1) is 17.4 Å². The lowest BCUT2D eigenvalue weighted by atomic mass is 9.86. The molecule has 0 aliphatic rings. The van der Waals surface area contributed by atoms with Crippen LogP contribution in [0.1, 0.15) is 40.2 Å². The van der Waals surface area contributed by atoms with Crippen molar-refractivity contribution in [1.29, 1.82) is 0 Å². The van der Waals surface area contributed by atoms with Gasteiger partial charge in [-0.2, -0.15) is 0 Å². The SMILES string of the molecule is C#[N+]c1cccnc1N(N)OC(=O)C(C)(C)Cc1ccc2c(c1)nnn2OC(=O)C(C)(C)C. The Kier molecular flexibility index (Phi) is 6.32. The van der Waals surface area contributed by atoms with Gasteiger partial charge in [-0.3, -0.25) is 0 Å². The number of rotatable bonds is 6. The number of hydrogen-bond acceptors (Lipinski definition) is 9. The van der Waals surface area contributed by atoms with Gasteiger partial charge in [0, 0.05) is 12.3 Å². The minimum atomic E-state index is -0.950. The molecule has 172 valence electrons. The topological polar surface area (TPSA) is 130 Å². The van der Waals surface area contributed by atoms with E-state index in [2.05, 4.69) is 20.1 Å². The van der Waals surface area contributed by atoms with Crippen LogP contribution in [-0.4, -0.2) is 32.1 Å². The van der Waals surface area contributed by atoms with Crippen molar-refractivity contribution in [2.75, 3.05) is 5.17 Å². The summed E-state index contributed by atoms with van der Waals surface area (Å²) in [4.78, 5) is 44.2. The first kappa shape index (κ1) is 23.6. The Morgan fingerprint density at radius 2 is 1.91 bits per heavy atom. The smallest absolute Gasteiger partial charge is 0.323 e. The number of nitrogens with zero attached hydrogens (tertiary/aromatic N) is 6. The highest BCUT2D eigenvalue weighted by atomic mass is 16.7. The second-order valence-electron chi connectivity index (χ2n) is 9.15. The number of pyridine rings is 1. The van der Waals surface area contributed by atoms with Gasteiger partial charge in [0.2, 0.25) is 0 Å². The van der Waals surface area contributed by atoms with Gasteiger partial charge in [0.05, 0.1) is 10.8 Å². The third kappa shape index (κ3) is 5.24. The van der Waals surface area contributed by atoms with E-state index in [1.54, 1.807) is 65.0 Å². The van der Waals surface area contributed by atoms with Crippen molar-refractivity contribution in [2.24, 2.45) is 16.7 Å². The molecular weight excluding hydrogens is 426 g/mol. The number of carbonyl (C=O) groups is 2. The average Bonchev–Trinajstić information content (AvgIpc) is 3.14. The predicted octanol–water partition coefficient (Wildman–Crippen LogP) is 2.83. The zero-order valence-corrected chi connectivity index (χ0v) is 19.1. The van der Waals surface area contributed by atoms with Crippen LogP contribution in [0.4, 0.5) is 11.5 Å². The molecule has 2 aromatic heterocycles. The summed E-state index contributed by atoms with van der Waals surface area (Å²) >= 11 is 0. The average molecular weight is 452 g/mol. The fourth-order valence-corrected chi connectivity index (χ4v) is 2.84. The highest BCUT2D eigenvalue weighted by Crippen LogP contribution is 2.28. The molecule has 0 unspecified atom stereocenters. The standard InChI is InChI=1S/C22H26N7O4/c1-21(2,3)19(30)33-29-17-10-9-14(12-16(17)26-27-29)13-22(4,5)20(31)32-28(23)18-15(24-6)8-7-11-25-18/h6-12H,13,23H2,1-5H3/q+1. The number of carbonyl (C=O) groups excluding carboxylic acids is 2. The molecule has 0 saturated carbocycles. The van der Waals surface area contributed by atoms with Crippen LogP contribution in [0.3, 0.4) is 0 Å². The van der Waals surface area contributed by atoms with Gasteiger partial charge in [-0.15, -0.1) is 10.3 Å². The van der Waals surface area contributed by atoms with Crippen LogP contribution in [0.2, 0.25) is 0 Å². The number of aromatic nitrogens is 4. The summed E-state index contributed by atoms with van der Waals surface area (Å²) in [6.07, 6.45) is 1.80. The summed E-state index contributed by atoms with van der Waals surface area (Å²) in [6.45, 7) is 14.0. The molecule has 0 fully saturated rings. The monoisotopic (exact) mass is 452 g/mol. The zero-order chi connectivity index (χ0) is 24.4. The maximum atomic E-state index is 12.8. The quantitative estimate of drug-likeness (QED) is 0.341. The molecule has 0 spiro atoms. The van der Waals surface area contributed by atoms with E-state index in [0.717, 1.165) is 15.6 Å². The maximum Gasteiger partial charge on any atom is 0.386 e. The van der Waals surface area contributed by atoms with Crippen molar-refractivity contribution in [2.45, 2.75) is 41.0 Å². The van der Waals surface area contributed by atoms with E-state index < -0.39 is 22.8 Å². The molecule has 2 heterocycles. The van der Waals surface area contributed by atoms with Crippen molar-refractivity contribution < 1.29 is 19.3 Å². The lowest BCUT2D eigenvalue weighted by molar-refractivity contribution is -0.156. The molecule has 11 nitrogen and oxygen atoms in total. The van der Waals surface area contributed by atoms with Crippen molar-refractivity contribution in [3.8, 4) is 6.57 Å². The summed E-state index contributed by atoms with van der Waals surface area (Å²) < 4.78 is 0. The van der Waals surface area contributed by atoms with Crippen LogP contribution < -0.4 is 15.9 Å². The molecule has 3 aromatic rings. The van der Waals surface area contributed by atoms with E-state index in [9.17, 15) is 9.59 Å². The van der Waals surface area contributed by atoms with Gasteiger partial charge < -0.3 is 9.68 Å². The maximum absolute atomic E-state index is 12.8. The van der Waals surface area contributed by atoms with Crippen molar-refractivity contribution >= 4 is 34.5 Å². The van der Waals surface area contributed by atoms with Crippen molar-refractivity contribution in [1.82, 2.24) is 20.1 Å². The third-order valence-corrected chi connectivity index (χ3v) is 4.76. The van der Waals surface area contributed by atoms with E-state index >= 15 is 0 Å². The molecule has 0 saturated heterocycles. The van der Waals surface area contributed by atoms with Crippen LogP contribution in [0.5, 0.6) is 0 Å². The zero-order valence-electron chi connectivity index (χ0n) is 19.1. The summed E-state index contributed by atoms with van der Waals surface area (Å²) in [7, 11) is 0. The second kappa shape index (κ2) is 8.84. The normalized spacial score (nSPS) is 11.7. The van der Waals surface area contributed by atoms with Crippen LogP contribution in [0.15, 0.2) is 36.5 Å². The molecular formula is C22H26N7O4+.